The molecule has 2 atom stereocenters. The van der Waals surface area contributed by atoms with Gasteiger partial charge in [-0.3, -0.25) is 0 Å². The normalized spacial score (nSPS) is 23.5. The molecule has 1 saturated carbocycles. The monoisotopic (exact) mass is 327 g/mol. The second kappa shape index (κ2) is 5.92. The molecular weight excluding hydrogens is 305 g/mol. The average molecular weight is 328 g/mol. The highest BCUT2D eigenvalue weighted by Gasteiger charge is 2.40. The molecule has 0 heterocycles. The molecule has 0 amide bonds. The van der Waals surface area contributed by atoms with Crippen molar-refractivity contribution in [1.29, 1.82) is 0 Å². The van der Waals surface area contributed by atoms with E-state index in [0.717, 1.165) is 12.1 Å². The number of halogens is 2. The summed E-state index contributed by atoms with van der Waals surface area (Å²) < 4.78 is 15.0. The predicted molar refractivity (Wildman–Crippen MR) is 81.6 cm³/mol. The average Bonchev–Trinajstić information content (AvgIpc) is 2.70. The van der Waals surface area contributed by atoms with Crippen LogP contribution in [-0.4, -0.2) is 6.54 Å². The summed E-state index contributed by atoms with van der Waals surface area (Å²) in [7, 11) is 0. The molecule has 1 aromatic rings. The van der Waals surface area contributed by atoms with E-state index in [9.17, 15) is 4.39 Å². The maximum absolute atomic E-state index is 14.4. The lowest BCUT2D eigenvalue weighted by atomic mass is 9.75. The van der Waals surface area contributed by atoms with Crippen LogP contribution >= 0.6 is 15.9 Å². The van der Waals surface area contributed by atoms with Gasteiger partial charge in [0.25, 0.3) is 0 Å². The number of rotatable bonds is 4. The third kappa shape index (κ3) is 3.03. The van der Waals surface area contributed by atoms with Crippen molar-refractivity contribution in [2.75, 3.05) is 6.54 Å². The summed E-state index contributed by atoms with van der Waals surface area (Å²) in [5.41, 5.74) is 1.08. The van der Waals surface area contributed by atoms with Crippen molar-refractivity contribution in [2.45, 2.75) is 46.1 Å². The van der Waals surface area contributed by atoms with E-state index in [2.05, 4.69) is 42.0 Å². The minimum absolute atomic E-state index is 0.111. The number of hydrogen-bond donors (Lipinski definition) is 1. The van der Waals surface area contributed by atoms with Crippen LogP contribution in [0.1, 0.15) is 51.6 Å². The van der Waals surface area contributed by atoms with E-state index in [4.69, 9.17) is 0 Å². The Morgan fingerprint density at radius 1 is 1.47 bits per heavy atom. The molecule has 106 valence electrons. The third-order valence-corrected chi connectivity index (χ3v) is 5.10. The zero-order valence-electron chi connectivity index (χ0n) is 12.0. The zero-order valence-corrected chi connectivity index (χ0v) is 13.6. The third-order valence-electron chi connectivity index (χ3n) is 4.48. The van der Waals surface area contributed by atoms with E-state index in [1.54, 1.807) is 6.07 Å². The fourth-order valence-corrected chi connectivity index (χ4v) is 3.80. The molecule has 1 fully saturated rings. The van der Waals surface area contributed by atoms with Gasteiger partial charge < -0.3 is 5.32 Å². The van der Waals surface area contributed by atoms with Crippen LogP contribution in [0.25, 0.3) is 0 Å². The van der Waals surface area contributed by atoms with Gasteiger partial charge in [-0.2, -0.15) is 0 Å². The largest absolute Gasteiger partial charge is 0.310 e. The van der Waals surface area contributed by atoms with Crippen LogP contribution in [0, 0.1) is 17.2 Å². The molecule has 2 unspecified atom stereocenters. The van der Waals surface area contributed by atoms with Gasteiger partial charge in [-0.05, 0) is 52.7 Å². The fourth-order valence-electron chi connectivity index (χ4n) is 3.42. The molecule has 1 aliphatic rings. The molecule has 1 aromatic carbocycles. The molecule has 0 saturated heterocycles. The van der Waals surface area contributed by atoms with Crippen molar-refractivity contribution in [3.63, 3.8) is 0 Å². The molecule has 0 aromatic heterocycles. The number of benzene rings is 1. The lowest BCUT2D eigenvalue weighted by Crippen LogP contribution is -2.34. The van der Waals surface area contributed by atoms with Crippen LogP contribution < -0.4 is 5.32 Å². The van der Waals surface area contributed by atoms with Gasteiger partial charge >= 0.3 is 0 Å². The van der Waals surface area contributed by atoms with Gasteiger partial charge in [-0.15, -0.1) is 0 Å². The molecular formula is C16H23BrFN. The van der Waals surface area contributed by atoms with Crippen LogP contribution in [0.15, 0.2) is 22.7 Å². The van der Waals surface area contributed by atoms with Crippen molar-refractivity contribution in [3.05, 3.63) is 34.1 Å². The van der Waals surface area contributed by atoms with Crippen molar-refractivity contribution in [2.24, 2.45) is 11.3 Å². The number of nitrogens with one attached hydrogen (secondary N) is 1. The van der Waals surface area contributed by atoms with E-state index in [1.165, 1.54) is 19.3 Å². The first kappa shape index (κ1) is 15.0. The van der Waals surface area contributed by atoms with Gasteiger partial charge in [-0.1, -0.05) is 39.3 Å². The molecule has 0 spiro atoms. The Morgan fingerprint density at radius 2 is 2.21 bits per heavy atom. The molecule has 1 N–H and O–H groups in total. The van der Waals surface area contributed by atoms with Gasteiger partial charge in [0.1, 0.15) is 5.82 Å². The van der Waals surface area contributed by atoms with E-state index >= 15 is 0 Å². The fraction of sp³-hybridized carbons (Fsp3) is 0.625. The maximum atomic E-state index is 14.4. The van der Waals surface area contributed by atoms with Crippen LogP contribution in [0.3, 0.4) is 0 Å². The van der Waals surface area contributed by atoms with Crippen molar-refractivity contribution in [1.82, 2.24) is 5.32 Å². The minimum Gasteiger partial charge on any atom is -0.310 e. The topological polar surface area (TPSA) is 12.0 Å². The van der Waals surface area contributed by atoms with Crippen LogP contribution in [-0.2, 0) is 0 Å². The second-order valence-corrected chi connectivity index (χ2v) is 7.02. The van der Waals surface area contributed by atoms with Gasteiger partial charge in [0.15, 0.2) is 0 Å². The SMILES string of the molecule is CCNC(c1cccc(Br)c1F)C1CCCC1(C)C. The first-order valence-corrected chi connectivity index (χ1v) is 7.94. The summed E-state index contributed by atoms with van der Waals surface area (Å²) in [6.07, 6.45) is 3.65. The molecule has 0 aliphatic heterocycles. The minimum atomic E-state index is -0.115. The van der Waals surface area contributed by atoms with Gasteiger partial charge in [0.2, 0.25) is 0 Å². The summed E-state index contributed by atoms with van der Waals surface area (Å²) >= 11 is 3.30. The Labute approximate surface area is 124 Å². The first-order chi connectivity index (χ1) is 8.97. The lowest BCUT2D eigenvalue weighted by Gasteiger charge is -2.35. The Balaban J connectivity index is 2.37. The van der Waals surface area contributed by atoms with E-state index < -0.39 is 0 Å². The summed E-state index contributed by atoms with van der Waals surface area (Å²) in [5, 5.41) is 3.50. The first-order valence-electron chi connectivity index (χ1n) is 7.14. The van der Waals surface area contributed by atoms with Crippen molar-refractivity contribution in [3.8, 4) is 0 Å². The summed E-state index contributed by atoms with van der Waals surface area (Å²) in [6.45, 7) is 7.57. The summed E-state index contributed by atoms with van der Waals surface area (Å²) in [5.74, 6) is 0.382. The Morgan fingerprint density at radius 3 is 2.79 bits per heavy atom. The Bertz CT molecular complexity index is 444. The quantitative estimate of drug-likeness (QED) is 0.814. The Kier molecular flexibility index (Phi) is 4.67. The number of hydrogen-bond acceptors (Lipinski definition) is 1. The standard InChI is InChI=1S/C16H23BrFN/c1-4-19-15(12-8-6-10-16(12,2)3)11-7-5-9-13(17)14(11)18/h5,7,9,12,15,19H,4,6,8,10H2,1-3H3. The smallest absolute Gasteiger partial charge is 0.142 e. The molecule has 0 bridgehead atoms. The Hall–Kier alpha value is -0.410. The predicted octanol–water partition coefficient (Wildman–Crippen LogP) is 5.07. The molecule has 19 heavy (non-hydrogen) atoms. The summed E-state index contributed by atoms with van der Waals surface area (Å²) in [6, 6.07) is 5.72. The molecule has 2 rings (SSSR count). The van der Waals surface area contributed by atoms with Gasteiger partial charge in [0.05, 0.1) is 4.47 Å². The zero-order chi connectivity index (χ0) is 14.0. The van der Waals surface area contributed by atoms with Gasteiger partial charge in [0, 0.05) is 11.6 Å². The lowest BCUT2D eigenvalue weighted by molar-refractivity contribution is 0.196. The highest BCUT2D eigenvalue weighted by molar-refractivity contribution is 9.10. The van der Waals surface area contributed by atoms with E-state index in [1.807, 2.05) is 12.1 Å². The highest BCUT2D eigenvalue weighted by atomic mass is 79.9. The molecule has 1 nitrogen and oxygen atoms in total. The molecule has 0 radical (unpaired) electrons. The van der Waals surface area contributed by atoms with Crippen molar-refractivity contribution >= 4 is 15.9 Å². The molecule has 1 aliphatic carbocycles. The van der Waals surface area contributed by atoms with Gasteiger partial charge in [-0.25, -0.2) is 4.39 Å². The van der Waals surface area contributed by atoms with Crippen LogP contribution in [0.5, 0.6) is 0 Å². The van der Waals surface area contributed by atoms with E-state index in [-0.39, 0.29) is 17.3 Å². The summed E-state index contributed by atoms with van der Waals surface area (Å²) in [4.78, 5) is 0. The second-order valence-electron chi connectivity index (χ2n) is 6.17. The molecule has 3 heteroatoms. The van der Waals surface area contributed by atoms with E-state index in [0.29, 0.717) is 10.4 Å². The van der Waals surface area contributed by atoms with Crippen LogP contribution in [0.4, 0.5) is 4.39 Å². The van der Waals surface area contributed by atoms with Crippen molar-refractivity contribution < 1.29 is 4.39 Å². The highest BCUT2D eigenvalue weighted by Crippen LogP contribution is 2.49. The maximum Gasteiger partial charge on any atom is 0.142 e. The van der Waals surface area contributed by atoms with Crippen LogP contribution in [0.2, 0.25) is 0 Å².